The van der Waals surface area contributed by atoms with E-state index in [0.29, 0.717) is 25.5 Å². The summed E-state index contributed by atoms with van der Waals surface area (Å²) in [7, 11) is 4.13. The fourth-order valence-electron chi connectivity index (χ4n) is 5.33. The van der Waals surface area contributed by atoms with E-state index in [9.17, 15) is 24.0 Å². The highest BCUT2D eigenvalue weighted by Gasteiger charge is 2.19. The fraction of sp³-hybridized carbons (Fsp3) is 0.400. The topological polar surface area (TPSA) is 178 Å². The number of amides is 5. The number of methoxy groups -OCH3 is 2. The second-order valence-corrected chi connectivity index (χ2v) is 12.7. The van der Waals surface area contributed by atoms with Crippen molar-refractivity contribution in [3.8, 4) is 23.1 Å². The number of imidazole rings is 1. The Morgan fingerprint density at radius 1 is 0.855 bits per heavy atom. The lowest BCUT2D eigenvalue weighted by molar-refractivity contribution is -0.133. The van der Waals surface area contributed by atoms with Crippen LogP contribution < -0.4 is 16.0 Å². The molecule has 0 radical (unpaired) electrons. The Bertz CT molecular complexity index is 1840. The van der Waals surface area contributed by atoms with E-state index in [1.165, 1.54) is 30.9 Å². The van der Waals surface area contributed by atoms with E-state index in [0.717, 1.165) is 40.1 Å². The van der Waals surface area contributed by atoms with Crippen molar-refractivity contribution < 1.29 is 33.4 Å². The van der Waals surface area contributed by atoms with Crippen LogP contribution in [0, 0.1) is 11.8 Å². The van der Waals surface area contributed by atoms with Gasteiger partial charge in [0.15, 0.2) is 0 Å². The molecule has 3 aromatic rings. The number of carbonyl (C=O) groups is 5. The number of likely N-dealkylation sites (N-methyl/N-ethyl adjacent to an activating group) is 1. The van der Waals surface area contributed by atoms with Crippen molar-refractivity contribution in [1.82, 2.24) is 40.6 Å². The Kier molecular flexibility index (Phi) is 17.3. The molecule has 0 fully saturated rings. The molecule has 1 unspecified atom stereocenters. The van der Waals surface area contributed by atoms with Gasteiger partial charge in [-0.2, -0.15) is 0 Å². The number of aromatic amines is 1. The molecule has 55 heavy (non-hydrogen) atoms. The predicted molar refractivity (Wildman–Crippen MR) is 209 cm³/mol. The summed E-state index contributed by atoms with van der Waals surface area (Å²) in [4.78, 5) is 72.7. The summed E-state index contributed by atoms with van der Waals surface area (Å²) in [6.07, 6.45) is 3.11. The fourth-order valence-corrected chi connectivity index (χ4v) is 5.33. The molecule has 4 N–H and O–H groups in total. The third-order valence-electron chi connectivity index (χ3n) is 8.48. The van der Waals surface area contributed by atoms with Crippen LogP contribution in [0.2, 0.25) is 0 Å². The standard InChI is InChI=1S/C40H52N8O7/c1-8-20-47(37(50)24-42-39(52)54-6)26-28(3)44-34(9-2)32-16-12-30(13-17-32)10-11-31-14-18-33(19-15-31)35-23-41-36(45-35)27-48(22-21-46(5)29(4)49)38(51)25-43-40(53)55-7/h9,12-19,23,28,44H,8,20-22,24-27H2,1-7H3,(H,41,45)(H,42,52)(H,43,53)/b34-9-. The summed E-state index contributed by atoms with van der Waals surface area (Å²) in [5.74, 6) is 6.32. The van der Waals surface area contributed by atoms with Gasteiger partial charge in [-0.15, -0.1) is 0 Å². The third kappa shape index (κ3) is 14.2. The molecule has 0 saturated carbocycles. The van der Waals surface area contributed by atoms with Gasteiger partial charge in [0.05, 0.1) is 32.7 Å². The number of benzene rings is 2. The largest absolute Gasteiger partial charge is 0.453 e. The lowest BCUT2D eigenvalue weighted by Crippen LogP contribution is -2.46. The molecule has 15 heteroatoms. The van der Waals surface area contributed by atoms with Crippen molar-refractivity contribution in [2.75, 3.05) is 60.5 Å². The smallest absolute Gasteiger partial charge is 0.407 e. The quantitative estimate of drug-likeness (QED) is 0.150. The molecule has 1 aromatic heterocycles. The van der Waals surface area contributed by atoms with Crippen LogP contribution in [0.25, 0.3) is 17.0 Å². The molecule has 1 atom stereocenters. The number of nitrogens with zero attached hydrogens (tertiary/aromatic N) is 4. The molecular weight excluding hydrogens is 704 g/mol. The number of allylic oxidation sites excluding steroid dienone is 1. The van der Waals surface area contributed by atoms with Crippen LogP contribution in [-0.2, 0) is 30.4 Å². The Morgan fingerprint density at radius 3 is 1.95 bits per heavy atom. The number of nitrogens with one attached hydrogen (secondary N) is 4. The van der Waals surface area contributed by atoms with Crippen LogP contribution in [0.5, 0.6) is 0 Å². The van der Waals surface area contributed by atoms with Crippen molar-refractivity contribution in [2.24, 2.45) is 0 Å². The van der Waals surface area contributed by atoms with Crippen molar-refractivity contribution in [2.45, 2.75) is 46.7 Å². The van der Waals surface area contributed by atoms with Crippen molar-refractivity contribution in [1.29, 1.82) is 0 Å². The van der Waals surface area contributed by atoms with Gasteiger partial charge in [-0.05, 0) is 55.7 Å². The molecule has 0 aliphatic carbocycles. The molecule has 3 rings (SSSR count). The first-order valence-electron chi connectivity index (χ1n) is 18.0. The Balaban J connectivity index is 1.61. The van der Waals surface area contributed by atoms with Crippen molar-refractivity contribution in [3.63, 3.8) is 0 Å². The average Bonchev–Trinajstić information content (AvgIpc) is 3.67. The van der Waals surface area contributed by atoms with E-state index in [1.54, 1.807) is 18.1 Å². The zero-order chi connectivity index (χ0) is 40.3. The van der Waals surface area contributed by atoms with Gasteiger partial charge >= 0.3 is 12.2 Å². The molecule has 1 heterocycles. The van der Waals surface area contributed by atoms with E-state index in [-0.39, 0.29) is 49.9 Å². The molecule has 0 bridgehead atoms. The molecule has 0 aliphatic rings. The third-order valence-corrected chi connectivity index (χ3v) is 8.48. The van der Waals surface area contributed by atoms with Crippen LogP contribution in [-0.4, -0.2) is 121 Å². The number of ether oxygens (including phenoxy) is 2. The molecule has 0 spiro atoms. The first kappa shape index (κ1) is 43.1. The lowest BCUT2D eigenvalue weighted by Gasteiger charge is -2.27. The van der Waals surface area contributed by atoms with Gasteiger partial charge in [0.2, 0.25) is 17.7 Å². The van der Waals surface area contributed by atoms with Crippen LogP contribution >= 0.6 is 0 Å². The first-order valence-corrected chi connectivity index (χ1v) is 18.0. The van der Waals surface area contributed by atoms with Crippen LogP contribution in [0.15, 0.2) is 60.8 Å². The van der Waals surface area contributed by atoms with Gasteiger partial charge in [0.25, 0.3) is 0 Å². The van der Waals surface area contributed by atoms with Gasteiger partial charge < -0.3 is 45.1 Å². The summed E-state index contributed by atoms with van der Waals surface area (Å²) < 4.78 is 9.13. The molecule has 0 aliphatic heterocycles. The average molecular weight is 757 g/mol. The molecule has 294 valence electrons. The zero-order valence-corrected chi connectivity index (χ0v) is 32.7. The number of alkyl carbamates (subject to hydrolysis) is 2. The number of carbonyl (C=O) groups excluding carboxylic acids is 5. The maximum Gasteiger partial charge on any atom is 0.407 e. The Morgan fingerprint density at radius 2 is 1.42 bits per heavy atom. The summed E-state index contributed by atoms with van der Waals surface area (Å²) in [5, 5.41) is 8.35. The summed E-state index contributed by atoms with van der Waals surface area (Å²) in [6.45, 7) is 8.79. The van der Waals surface area contributed by atoms with Gasteiger partial charge in [0.1, 0.15) is 18.9 Å². The van der Waals surface area contributed by atoms with Gasteiger partial charge in [-0.1, -0.05) is 49.1 Å². The number of H-pyrrole nitrogens is 1. The predicted octanol–water partition coefficient (Wildman–Crippen LogP) is 3.57. The number of hydrogen-bond acceptors (Lipinski definition) is 9. The van der Waals surface area contributed by atoms with Crippen molar-refractivity contribution >= 4 is 35.6 Å². The minimum atomic E-state index is -0.713. The van der Waals surface area contributed by atoms with Crippen LogP contribution in [0.1, 0.15) is 56.6 Å². The van der Waals surface area contributed by atoms with Gasteiger partial charge in [0, 0.05) is 63.0 Å². The SMILES string of the molecule is C/C=C(\NC(C)CN(CCC)C(=O)CNC(=O)OC)c1ccc(C#Cc2ccc(-c3cnc(CN(CCN(C)C(C)=O)C(=O)CNC(=O)OC)[nH]3)cc2)cc1. The number of rotatable bonds is 17. The van der Waals surface area contributed by atoms with E-state index in [1.807, 2.05) is 75.4 Å². The van der Waals surface area contributed by atoms with Crippen molar-refractivity contribution in [3.05, 3.63) is 83.3 Å². The zero-order valence-electron chi connectivity index (χ0n) is 32.7. The second-order valence-electron chi connectivity index (χ2n) is 12.7. The Labute approximate surface area is 322 Å². The molecule has 2 aromatic carbocycles. The normalized spacial score (nSPS) is 11.3. The summed E-state index contributed by atoms with van der Waals surface area (Å²) >= 11 is 0. The lowest BCUT2D eigenvalue weighted by atomic mass is 10.1. The van der Waals surface area contributed by atoms with Crippen LogP contribution in [0.4, 0.5) is 9.59 Å². The molecule has 5 amide bonds. The second kappa shape index (κ2) is 22.0. The summed E-state index contributed by atoms with van der Waals surface area (Å²) in [5.41, 5.74) is 5.23. The molecule has 15 nitrogen and oxygen atoms in total. The Hall–Kier alpha value is -6.30. The van der Waals surface area contributed by atoms with Gasteiger partial charge in [-0.25, -0.2) is 14.6 Å². The van der Waals surface area contributed by atoms with Crippen LogP contribution in [0.3, 0.4) is 0 Å². The van der Waals surface area contributed by atoms with E-state index < -0.39 is 12.2 Å². The first-order chi connectivity index (χ1) is 26.4. The minimum Gasteiger partial charge on any atom is -0.453 e. The highest BCUT2D eigenvalue weighted by molar-refractivity contribution is 5.83. The molecule has 0 saturated heterocycles. The highest BCUT2D eigenvalue weighted by atomic mass is 16.5. The molecular formula is C40H52N8O7. The maximum atomic E-state index is 12.9. The maximum absolute atomic E-state index is 12.9. The number of aromatic nitrogens is 2. The van der Waals surface area contributed by atoms with E-state index >= 15 is 0 Å². The number of hydrogen-bond donors (Lipinski definition) is 4. The summed E-state index contributed by atoms with van der Waals surface area (Å²) in [6, 6.07) is 15.6. The van der Waals surface area contributed by atoms with E-state index in [2.05, 4.69) is 47.2 Å². The highest BCUT2D eigenvalue weighted by Crippen LogP contribution is 2.19. The monoisotopic (exact) mass is 756 g/mol. The van der Waals surface area contributed by atoms with Gasteiger partial charge in [-0.3, -0.25) is 14.4 Å². The minimum absolute atomic E-state index is 0.0535. The van der Waals surface area contributed by atoms with E-state index in [4.69, 9.17) is 0 Å².